The second-order valence-electron chi connectivity index (χ2n) is 4.04. The Kier molecular flexibility index (Phi) is 3.23. The highest BCUT2D eigenvalue weighted by molar-refractivity contribution is 5.45. The predicted octanol–water partition coefficient (Wildman–Crippen LogP) is 1.64. The number of rotatable bonds is 3. The summed E-state index contributed by atoms with van der Waals surface area (Å²) in [4.78, 5) is 0. The summed E-state index contributed by atoms with van der Waals surface area (Å²) in [5, 5.41) is 12.9. The normalized spacial score (nSPS) is 19.8. The number of hydrogen-bond donors (Lipinski definition) is 2. The zero-order valence-corrected chi connectivity index (χ0v) is 8.78. The van der Waals surface area contributed by atoms with Gasteiger partial charge < -0.3 is 15.2 Å². The zero-order valence-electron chi connectivity index (χ0n) is 8.78. The van der Waals surface area contributed by atoms with E-state index in [0.29, 0.717) is 0 Å². The average Bonchev–Trinajstić information content (AvgIpc) is 2.32. The van der Waals surface area contributed by atoms with Gasteiger partial charge in [0.05, 0.1) is 12.1 Å². The van der Waals surface area contributed by atoms with Gasteiger partial charge >= 0.3 is 0 Å². The van der Waals surface area contributed by atoms with Gasteiger partial charge in [0.2, 0.25) is 0 Å². The third-order valence-corrected chi connectivity index (χ3v) is 2.94. The van der Waals surface area contributed by atoms with Gasteiger partial charge in [-0.25, -0.2) is 0 Å². The van der Waals surface area contributed by atoms with Crippen molar-refractivity contribution in [3.63, 3.8) is 0 Å². The molecule has 1 aromatic rings. The first kappa shape index (κ1) is 10.5. The van der Waals surface area contributed by atoms with Gasteiger partial charge in [0.1, 0.15) is 0 Å². The average molecular weight is 207 g/mol. The summed E-state index contributed by atoms with van der Waals surface area (Å²) in [6.07, 6.45) is 1.72. The van der Waals surface area contributed by atoms with E-state index < -0.39 is 0 Å². The second-order valence-corrected chi connectivity index (χ2v) is 4.04. The Morgan fingerprint density at radius 1 is 1.20 bits per heavy atom. The molecule has 2 rings (SSSR count). The van der Waals surface area contributed by atoms with Gasteiger partial charge in [0, 0.05) is 18.9 Å². The molecule has 0 amide bonds. The van der Waals surface area contributed by atoms with Crippen molar-refractivity contribution in [3.8, 4) is 0 Å². The van der Waals surface area contributed by atoms with Crippen LogP contribution in [0, 0.1) is 0 Å². The molecule has 0 aliphatic carbocycles. The molecule has 0 saturated carbocycles. The van der Waals surface area contributed by atoms with Crippen LogP contribution in [0.25, 0.3) is 0 Å². The van der Waals surface area contributed by atoms with E-state index in [1.54, 1.807) is 0 Å². The molecule has 1 saturated heterocycles. The van der Waals surface area contributed by atoms with Crippen molar-refractivity contribution in [1.29, 1.82) is 0 Å². The number of para-hydroxylation sites is 1. The van der Waals surface area contributed by atoms with Gasteiger partial charge in [0.25, 0.3) is 0 Å². The van der Waals surface area contributed by atoms with Gasteiger partial charge in [-0.15, -0.1) is 0 Å². The molecule has 1 aliphatic rings. The molecule has 1 aromatic carbocycles. The SMILES string of the molecule is OCC1(Nc2ccccc2)CCOCC1. The monoisotopic (exact) mass is 207 g/mol. The molecule has 0 aromatic heterocycles. The van der Waals surface area contributed by atoms with Crippen molar-refractivity contribution in [2.45, 2.75) is 18.4 Å². The maximum absolute atomic E-state index is 9.48. The molecule has 0 atom stereocenters. The van der Waals surface area contributed by atoms with E-state index in [9.17, 15) is 5.11 Å². The summed E-state index contributed by atoms with van der Waals surface area (Å²) < 4.78 is 5.31. The fourth-order valence-corrected chi connectivity index (χ4v) is 1.91. The van der Waals surface area contributed by atoms with Crippen molar-refractivity contribution in [2.75, 3.05) is 25.1 Å². The molecule has 3 nitrogen and oxygen atoms in total. The molecule has 0 radical (unpaired) electrons. The van der Waals surface area contributed by atoms with E-state index in [0.717, 1.165) is 31.7 Å². The molecule has 3 heteroatoms. The zero-order chi connectivity index (χ0) is 10.6. The van der Waals surface area contributed by atoms with Crippen LogP contribution >= 0.6 is 0 Å². The van der Waals surface area contributed by atoms with E-state index in [2.05, 4.69) is 5.32 Å². The minimum Gasteiger partial charge on any atom is -0.394 e. The molecule has 1 aliphatic heterocycles. The third-order valence-electron chi connectivity index (χ3n) is 2.94. The number of benzene rings is 1. The van der Waals surface area contributed by atoms with Crippen molar-refractivity contribution in [1.82, 2.24) is 0 Å². The molecule has 0 spiro atoms. The predicted molar refractivity (Wildman–Crippen MR) is 59.9 cm³/mol. The number of anilines is 1. The van der Waals surface area contributed by atoms with Gasteiger partial charge in [-0.2, -0.15) is 0 Å². The van der Waals surface area contributed by atoms with Gasteiger partial charge in [-0.05, 0) is 25.0 Å². The lowest BCUT2D eigenvalue weighted by Crippen LogP contribution is -2.46. The van der Waals surface area contributed by atoms with Crippen LogP contribution in [0.2, 0.25) is 0 Å². The summed E-state index contributed by atoms with van der Waals surface area (Å²) >= 11 is 0. The fourth-order valence-electron chi connectivity index (χ4n) is 1.91. The summed E-state index contributed by atoms with van der Waals surface area (Å²) in [5.41, 5.74) is 0.869. The van der Waals surface area contributed by atoms with Crippen LogP contribution < -0.4 is 5.32 Å². The first-order valence-electron chi connectivity index (χ1n) is 5.36. The molecule has 1 heterocycles. The Hall–Kier alpha value is -1.06. The molecule has 82 valence electrons. The number of ether oxygens (including phenoxy) is 1. The minimum atomic E-state index is -0.195. The van der Waals surface area contributed by atoms with E-state index in [1.807, 2.05) is 30.3 Å². The van der Waals surface area contributed by atoms with Crippen LogP contribution in [0.3, 0.4) is 0 Å². The molecule has 1 fully saturated rings. The summed E-state index contributed by atoms with van der Waals surface area (Å²) in [6.45, 7) is 1.60. The maximum atomic E-state index is 9.48. The van der Waals surface area contributed by atoms with Crippen LogP contribution in [0.15, 0.2) is 30.3 Å². The largest absolute Gasteiger partial charge is 0.394 e. The molecule has 0 unspecified atom stereocenters. The quantitative estimate of drug-likeness (QED) is 0.791. The van der Waals surface area contributed by atoms with Crippen LogP contribution in [0.5, 0.6) is 0 Å². The van der Waals surface area contributed by atoms with E-state index in [-0.39, 0.29) is 12.1 Å². The van der Waals surface area contributed by atoms with Crippen molar-refractivity contribution in [3.05, 3.63) is 30.3 Å². The van der Waals surface area contributed by atoms with E-state index in [1.165, 1.54) is 0 Å². The van der Waals surface area contributed by atoms with Gasteiger partial charge in [-0.3, -0.25) is 0 Å². The lowest BCUT2D eigenvalue weighted by Gasteiger charge is -2.37. The number of aliphatic hydroxyl groups is 1. The first-order chi connectivity index (χ1) is 7.35. The first-order valence-corrected chi connectivity index (χ1v) is 5.36. The highest BCUT2D eigenvalue weighted by atomic mass is 16.5. The Morgan fingerprint density at radius 2 is 1.87 bits per heavy atom. The van der Waals surface area contributed by atoms with E-state index >= 15 is 0 Å². The summed E-state index contributed by atoms with van der Waals surface area (Å²) in [6, 6.07) is 10.0. The van der Waals surface area contributed by atoms with Gasteiger partial charge in [0.15, 0.2) is 0 Å². The second kappa shape index (κ2) is 4.64. The topological polar surface area (TPSA) is 41.5 Å². The molecular weight excluding hydrogens is 190 g/mol. The number of aliphatic hydroxyl groups excluding tert-OH is 1. The highest BCUT2D eigenvalue weighted by Gasteiger charge is 2.31. The standard InChI is InChI=1S/C12H17NO2/c14-10-12(6-8-15-9-7-12)13-11-4-2-1-3-5-11/h1-5,13-14H,6-10H2. The summed E-state index contributed by atoms with van der Waals surface area (Å²) in [7, 11) is 0. The van der Waals surface area contributed by atoms with Crippen molar-refractivity contribution < 1.29 is 9.84 Å². The Balaban J connectivity index is 2.07. The van der Waals surface area contributed by atoms with Gasteiger partial charge in [-0.1, -0.05) is 18.2 Å². The lowest BCUT2D eigenvalue weighted by atomic mass is 9.90. The minimum absolute atomic E-state index is 0.158. The molecular formula is C12H17NO2. The molecule has 15 heavy (non-hydrogen) atoms. The molecule has 0 bridgehead atoms. The Bertz CT molecular complexity index is 294. The molecule has 2 N–H and O–H groups in total. The fraction of sp³-hybridized carbons (Fsp3) is 0.500. The number of nitrogens with one attached hydrogen (secondary N) is 1. The van der Waals surface area contributed by atoms with E-state index in [4.69, 9.17) is 4.74 Å². The maximum Gasteiger partial charge on any atom is 0.0663 e. The van der Waals surface area contributed by atoms with Crippen LogP contribution in [-0.2, 0) is 4.74 Å². The highest BCUT2D eigenvalue weighted by Crippen LogP contribution is 2.25. The third kappa shape index (κ3) is 2.49. The van der Waals surface area contributed by atoms with Crippen LogP contribution in [0.4, 0.5) is 5.69 Å². The van der Waals surface area contributed by atoms with Crippen molar-refractivity contribution in [2.24, 2.45) is 0 Å². The Morgan fingerprint density at radius 3 is 2.47 bits per heavy atom. The lowest BCUT2D eigenvalue weighted by molar-refractivity contribution is 0.0380. The smallest absolute Gasteiger partial charge is 0.0663 e. The Labute approximate surface area is 90.1 Å². The van der Waals surface area contributed by atoms with Crippen LogP contribution in [-0.4, -0.2) is 30.5 Å². The number of hydrogen-bond acceptors (Lipinski definition) is 3. The van der Waals surface area contributed by atoms with Crippen molar-refractivity contribution >= 4 is 5.69 Å². The van der Waals surface area contributed by atoms with Crippen LogP contribution in [0.1, 0.15) is 12.8 Å². The summed E-state index contributed by atoms with van der Waals surface area (Å²) in [5.74, 6) is 0.